The van der Waals surface area contributed by atoms with E-state index in [1.807, 2.05) is 6.92 Å². The van der Waals surface area contributed by atoms with Gasteiger partial charge in [0, 0.05) is 6.07 Å². The summed E-state index contributed by atoms with van der Waals surface area (Å²) in [4.78, 5) is 0. The zero-order valence-corrected chi connectivity index (χ0v) is 12.6. The monoisotopic (exact) mass is 298 g/mol. The molecule has 2 aliphatic heterocycles. The molecule has 0 bridgehead atoms. The smallest absolute Gasteiger partial charge is 0.189 e. The SMILES string of the molecule is CCC[C@H]1O[C@@H]2OC(C)O[C@@H]2[C@H]1OCc1occc1OC. The fourth-order valence-electron chi connectivity index (χ4n) is 2.89. The van der Waals surface area contributed by atoms with Crippen LogP contribution in [-0.2, 0) is 25.6 Å². The molecular weight excluding hydrogens is 276 g/mol. The van der Waals surface area contributed by atoms with E-state index >= 15 is 0 Å². The van der Waals surface area contributed by atoms with Gasteiger partial charge in [-0.25, -0.2) is 0 Å². The van der Waals surface area contributed by atoms with Crippen LogP contribution in [-0.4, -0.2) is 38.0 Å². The van der Waals surface area contributed by atoms with Crippen LogP contribution in [0.3, 0.4) is 0 Å². The zero-order valence-electron chi connectivity index (χ0n) is 12.6. The van der Waals surface area contributed by atoms with Crippen molar-refractivity contribution in [1.82, 2.24) is 0 Å². The lowest BCUT2D eigenvalue weighted by Crippen LogP contribution is -2.35. The Bertz CT molecular complexity index is 459. The van der Waals surface area contributed by atoms with Crippen molar-refractivity contribution in [2.45, 2.75) is 64.2 Å². The van der Waals surface area contributed by atoms with E-state index in [4.69, 9.17) is 28.1 Å². The molecule has 0 saturated carbocycles. The van der Waals surface area contributed by atoms with E-state index in [-0.39, 0.29) is 30.9 Å². The van der Waals surface area contributed by atoms with Gasteiger partial charge < -0.3 is 28.1 Å². The van der Waals surface area contributed by atoms with Gasteiger partial charge >= 0.3 is 0 Å². The average Bonchev–Trinajstić information content (AvgIpc) is 3.12. The molecule has 1 aromatic heterocycles. The highest BCUT2D eigenvalue weighted by Gasteiger charge is 2.51. The Kier molecular flexibility index (Phi) is 4.49. The molecular formula is C15H22O6. The molecule has 1 unspecified atom stereocenters. The van der Waals surface area contributed by atoms with E-state index in [2.05, 4.69) is 6.92 Å². The molecule has 118 valence electrons. The summed E-state index contributed by atoms with van der Waals surface area (Å²) < 4.78 is 33.9. The van der Waals surface area contributed by atoms with E-state index in [0.717, 1.165) is 12.8 Å². The van der Waals surface area contributed by atoms with Gasteiger partial charge in [-0.1, -0.05) is 13.3 Å². The molecule has 0 aromatic carbocycles. The summed E-state index contributed by atoms with van der Waals surface area (Å²) in [6.07, 6.45) is 2.57. The van der Waals surface area contributed by atoms with Crippen LogP contribution >= 0.6 is 0 Å². The molecule has 3 rings (SSSR count). The molecule has 3 heterocycles. The van der Waals surface area contributed by atoms with Crippen LogP contribution in [0.5, 0.6) is 5.75 Å². The minimum Gasteiger partial charge on any atom is -0.493 e. The van der Waals surface area contributed by atoms with Crippen molar-refractivity contribution in [3.05, 3.63) is 18.1 Å². The van der Waals surface area contributed by atoms with E-state index in [1.54, 1.807) is 19.4 Å². The van der Waals surface area contributed by atoms with Crippen LogP contribution in [0.1, 0.15) is 32.4 Å². The highest BCUT2D eigenvalue weighted by Crippen LogP contribution is 2.36. The first kappa shape index (κ1) is 14.8. The molecule has 2 fully saturated rings. The summed E-state index contributed by atoms with van der Waals surface area (Å²) in [7, 11) is 1.61. The molecule has 21 heavy (non-hydrogen) atoms. The molecule has 2 saturated heterocycles. The summed E-state index contributed by atoms with van der Waals surface area (Å²) in [5, 5.41) is 0. The van der Waals surface area contributed by atoms with Crippen molar-refractivity contribution in [2.24, 2.45) is 0 Å². The molecule has 1 aromatic rings. The minimum absolute atomic E-state index is 0.0153. The third kappa shape index (κ3) is 2.94. The Morgan fingerprint density at radius 2 is 2.10 bits per heavy atom. The molecule has 0 aliphatic carbocycles. The lowest BCUT2D eigenvalue weighted by molar-refractivity contribution is -0.169. The van der Waals surface area contributed by atoms with Crippen LogP contribution in [0, 0.1) is 0 Å². The van der Waals surface area contributed by atoms with Crippen molar-refractivity contribution in [3.63, 3.8) is 0 Å². The Hall–Kier alpha value is -1.08. The maximum absolute atomic E-state index is 6.01. The Balaban J connectivity index is 1.66. The van der Waals surface area contributed by atoms with Crippen molar-refractivity contribution in [3.8, 4) is 5.75 Å². The maximum Gasteiger partial charge on any atom is 0.189 e. The van der Waals surface area contributed by atoms with Crippen LogP contribution in [0.25, 0.3) is 0 Å². The van der Waals surface area contributed by atoms with Gasteiger partial charge in [-0.3, -0.25) is 0 Å². The van der Waals surface area contributed by atoms with Gasteiger partial charge in [-0.2, -0.15) is 0 Å². The summed E-state index contributed by atoms with van der Waals surface area (Å²) in [5.41, 5.74) is 0. The first-order valence-corrected chi connectivity index (χ1v) is 7.41. The number of hydrogen-bond acceptors (Lipinski definition) is 6. The predicted octanol–water partition coefficient (Wildman–Crippen LogP) is 2.46. The van der Waals surface area contributed by atoms with Gasteiger partial charge in [0.05, 0.1) is 19.5 Å². The van der Waals surface area contributed by atoms with Crippen molar-refractivity contribution < 1.29 is 28.1 Å². The number of rotatable bonds is 6. The first-order valence-electron chi connectivity index (χ1n) is 7.41. The molecule has 5 atom stereocenters. The molecule has 0 radical (unpaired) electrons. The van der Waals surface area contributed by atoms with Gasteiger partial charge in [0.1, 0.15) is 18.8 Å². The number of ether oxygens (including phenoxy) is 5. The standard InChI is InChI=1S/C15H22O6/c1-4-5-11-13(14-15(21-11)20-9(2)19-14)18-8-12-10(16-3)6-7-17-12/h6-7,9,11,13-15H,4-5,8H2,1-3H3/t9?,11-,13+,14-,15+/m1/s1. The van der Waals surface area contributed by atoms with Gasteiger partial charge in [0.25, 0.3) is 0 Å². The summed E-state index contributed by atoms with van der Waals surface area (Å²) in [5.74, 6) is 1.36. The molecule has 6 heteroatoms. The summed E-state index contributed by atoms with van der Waals surface area (Å²) >= 11 is 0. The third-order valence-electron chi connectivity index (χ3n) is 3.85. The Morgan fingerprint density at radius 1 is 1.24 bits per heavy atom. The number of furan rings is 1. The van der Waals surface area contributed by atoms with Gasteiger partial charge in [0.15, 0.2) is 24.1 Å². The first-order chi connectivity index (χ1) is 10.2. The highest BCUT2D eigenvalue weighted by molar-refractivity contribution is 5.23. The molecule has 6 nitrogen and oxygen atoms in total. The third-order valence-corrected chi connectivity index (χ3v) is 3.85. The number of hydrogen-bond donors (Lipinski definition) is 0. The fourth-order valence-corrected chi connectivity index (χ4v) is 2.89. The fraction of sp³-hybridized carbons (Fsp3) is 0.733. The zero-order chi connectivity index (χ0) is 14.8. The van der Waals surface area contributed by atoms with Crippen molar-refractivity contribution >= 4 is 0 Å². The number of fused-ring (bicyclic) bond motifs is 1. The predicted molar refractivity (Wildman–Crippen MR) is 72.8 cm³/mol. The second-order valence-electron chi connectivity index (χ2n) is 5.32. The van der Waals surface area contributed by atoms with Crippen molar-refractivity contribution in [1.29, 1.82) is 0 Å². The lowest BCUT2D eigenvalue weighted by Gasteiger charge is -2.22. The normalized spacial score (nSPS) is 35.1. The topological polar surface area (TPSA) is 59.3 Å². The second-order valence-corrected chi connectivity index (χ2v) is 5.32. The molecule has 0 spiro atoms. The van der Waals surface area contributed by atoms with Crippen LogP contribution in [0.2, 0.25) is 0 Å². The average molecular weight is 298 g/mol. The lowest BCUT2D eigenvalue weighted by atomic mass is 10.1. The Labute approximate surface area is 124 Å². The van der Waals surface area contributed by atoms with Crippen molar-refractivity contribution in [2.75, 3.05) is 7.11 Å². The molecule has 2 aliphatic rings. The van der Waals surface area contributed by atoms with Gasteiger partial charge in [0.2, 0.25) is 0 Å². The van der Waals surface area contributed by atoms with Crippen LogP contribution in [0.15, 0.2) is 16.7 Å². The Morgan fingerprint density at radius 3 is 2.86 bits per heavy atom. The van der Waals surface area contributed by atoms with E-state index in [1.165, 1.54) is 0 Å². The minimum atomic E-state index is -0.333. The maximum atomic E-state index is 6.01. The van der Waals surface area contributed by atoms with Crippen LogP contribution in [0.4, 0.5) is 0 Å². The number of methoxy groups -OCH3 is 1. The molecule has 0 amide bonds. The van der Waals surface area contributed by atoms with Gasteiger partial charge in [-0.05, 0) is 13.3 Å². The second kappa shape index (κ2) is 6.36. The summed E-state index contributed by atoms with van der Waals surface area (Å²) in [6.45, 7) is 4.31. The van der Waals surface area contributed by atoms with E-state index < -0.39 is 0 Å². The largest absolute Gasteiger partial charge is 0.493 e. The summed E-state index contributed by atoms with van der Waals surface area (Å²) in [6, 6.07) is 1.77. The molecule has 0 N–H and O–H groups in total. The van der Waals surface area contributed by atoms with E-state index in [9.17, 15) is 0 Å². The van der Waals surface area contributed by atoms with E-state index in [0.29, 0.717) is 18.1 Å². The highest BCUT2D eigenvalue weighted by atomic mass is 16.8. The van der Waals surface area contributed by atoms with Crippen LogP contribution < -0.4 is 4.74 Å². The quantitative estimate of drug-likeness (QED) is 0.804. The van der Waals surface area contributed by atoms with Gasteiger partial charge in [-0.15, -0.1) is 0 Å².